The lowest BCUT2D eigenvalue weighted by atomic mass is 9.81. The summed E-state index contributed by atoms with van der Waals surface area (Å²) in [5.74, 6) is -0.498. The van der Waals surface area contributed by atoms with Crippen LogP contribution in [-0.4, -0.2) is 52.2 Å². The third-order valence-electron chi connectivity index (χ3n) is 8.33. The summed E-state index contributed by atoms with van der Waals surface area (Å²) in [5, 5.41) is 6.09. The first-order valence-electron chi connectivity index (χ1n) is 15.2. The van der Waals surface area contributed by atoms with Gasteiger partial charge >= 0.3 is 12.3 Å². The summed E-state index contributed by atoms with van der Waals surface area (Å²) in [6.45, 7) is 5.76. The molecule has 2 fully saturated rings. The Bertz CT molecular complexity index is 1480. The van der Waals surface area contributed by atoms with Crippen LogP contribution in [0.4, 0.5) is 29.3 Å². The molecular formula is C33H40F3N5O3. The molecule has 0 saturated heterocycles. The minimum atomic E-state index is -4.65. The average Bonchev–Trinajstić information content (AvgIpc) is 3.80. The third-order valence-corrected chi connectivity index (χ3v) is 8.33. The molecule has 2 aliphatic carbocycles. The number of fused-ring (bicyclic) bond motifs is 1. The fourth-order valence-corrected chi connectivity index (χ4v) is 6.03. The van der Waals surface area contributed by atoms with Crippen LogP contribution in [0, 0.1) is 11.8 Å². The molecule has 0 spiro atoms. The van der Waals surface area contributed by atoms with Crippen molar-refractivity contribution in [3.63, 3.8) is 0 Å². The molecule has 2 heterocycles. The van der Waals surface area contributed by atoms with Crippen LogP contribution in [0.15, 0.2) is 48.8 Å². The highest BCUT2D eigenvalue weighted by Gasteiger charge is 2.46. The number of hydrogen-bond acceptors (Lipinski definition) is 6. The molecule has 44 heavy (non-hydrogen) atoms. The van der Waals surface area contributed by atoms with Crippen LogP contribution in [0.25, 0.3) is 11.0 Å². The summed E-state index contributed by atoms with van der Waals surface area (Å²) in [4.78, 5) is 35.2. The number of carbonyl (C=O) groups excluding carboxylic acids is 2. The SMILES string of the molecule is CN(C(=O)C1CCC(CNC(=O)OC(C)(C)C)CC1)[C@@H](c1ccc(Nc2cnc3cccnc3c2C2CC2)cc1)C(F)(F)F. The van der Waals surface area contributed by atoms with E-state index in [1.54, 1.807) is 45.3 Å². The number of ether oxygens (including phenoxy) is 1. The number of benzene rings is 1. The van der Waals surface area contributed by atoms with Gasteiger partial charge in [0, 0.05) is 37.0 Å². The number of alkyl halides is 3. The van der Waals surface area contributed by atoms with Gasteiger partial charge in [-0.2, -0.15) is 13.2 Å². The van der Waals surface area contributed by atoms with Crippen molar-refractivity contribution < 1.29 is 27.5 Å². The Morgan fingerprint density at radius 2 is 1.68 bits per heavy atom. The normalized spacial score (nSPS) is 19.7. The molecule has 2 saturated carbocycles. The van der Waals surface area contributed by atoms with E-state index in [-0.39, 0.29) is 11.5 Å². The molecule has 2 N–H and O–H groups in total. The largest absolute Gasteiger partial charge is 0.444 e. The van der Waals surface area contributed by atoms with Crippen molar-refractivity contribution in [2.45, 2.75) is 83.0 Å². The molecule has 5 rings (SSSR count). The molecule has 2 aromatic heterocycles. The standard InChI is InChI=1S/C33H40F3N5O3/c1-32(2,3)44-31(43)39-18-20-7-9-23(10-8-20)30(42)41(4)29(33(34,35)36)22-13-15-24(16-14-22)40-26-19-38-25-6-5-17-37-28(25)27(26)21-11-12-21/h5-6,13-17,19-21,23,29,40H,7-12,18H2,1-4H3,(H,39,43)/t20?,23?,29-/m0/s1. The van der Waals surface area contributed by atoms with Crippen molar-refractivity contribution in [1.29, 1.82) is 0 Å². The lowest BCUT2D eigenvalue weighted by Crippen LogP contribution is -2.43. The predicted octanol–water partition coefficient (Wildman–Crippen LogP) is 7.64. The molecule has 2 amide bonds. The summed E-state index contributed by atoms with van der Waals surface area (Å²) in [6.07, 6.45) is 2.66. The van der Waals surface area contributed by atoms with Crippen LogP contribution in [0.5, 0.6) is 0 Å². The molecule has 1 atom stereocenters. The summed E-state index contributed by atoms with van der Waals surface area (Å²) in [7, 11) is 1.23. The number of pyridine rings is 2. The van der Waals surface area contributed by atoms with E-state index >= 15 is 0 Å². The second kappa shape index (κ2) is 12.6. The van der Waals surface area contributed by atoms with E-state index in [1.165, 1.54) is 19.2 Å². The highest BCUT2D eigenvalue weighted by Crippen LogP contribution is 2.46. The van der Waals surface area contributed by atoms with Gasteiger partial charge in [0.15, 0.2) is 6.04 Å². The van der Waals surface area contributed by atoms with Crippen molar-refractivity contribution in [2.75, 3.05) is 18.9 Å². The minimum absolute atomic E-state index is 0.00475. The zero-order valence-electron chi connectivity index (χ0n) is 25.6. The Labute approximate surface area is 255 Å². The maximum Gasteiger partial charge on any atom is 0.413 e. The summed E-state index contributed by atoms with van der Waals surface area (Å²) in [5.41, 5.74) is 3.54. The van der Waals surface area contributed by atoms with Crippen LogP contribution in [0.2, 0.25) is 0 Å². The minimum Gasteiger partial charge on any atom is -0.444 e. The van der Waals surface area contributed by atoms with Crippen molar-refractivity contribution in [2.24, 2.45) is 11.8 Å². The molecular weight excluding hydrogens is 571 g/mol. The molecule has 3 aromatic rings. The molecule has 0 radical (unpaired) electrons. The number of anilines is 2. The van der Waals surface area contributed by atoms with E-state index in [4.69, 9.17) is 4.74 Å². The van der Waals surface area contributed by atoms with E-state index in [9.17, 15) is 22.8 Å². The second-order valence-electron chi connectivity index (χ2n) is 13.0. The van der Waals surface area contributed by atoms with Gasteiger partial charge in [-0.05, 0) is 101 Å². The number of rotatable bonds is 8. The number of aromatic nitrogens is 2. The molecule has 0 bridgehead atoms. The highest BCUT2D eigenvalue weighted by atomic mass is 19.4. The monoisotopic (exact) mass is 611 g/mol. The molecule has 1 aromatic carbocycles. The maximum absolute atomic E-state index is 14.4. The number of amides is 2. The smallest absolute Gasteiger partial charge is 0.413 e. The number of halogens is 3. The molecule has 8 nitrogen and oxygen atoms in total. The lowest BCUT2D eigenvalue weighted by Gasteiger charge is -2.35. The van der Waals surface area contributed by atoms with Crippen LogP contribution in [0.1, 0.15) is 82.4 Å². The first-order valence-corrected chi connectivity index (χ1v) is 15.2. The van der Waals surface area contributed by atoms with E-state index in [2.05, 4.69) is 20.6 Å². The van der Waals surface area contributed by atoms with Gasteiger partial charge in [0.25, 0.3) is 0 Å². The van der Waals surface area contributed by atoms with Crippen molar-refractivity contribution in [1.82, 2.24) is 20.2 Å². The Hall–Kier alpha value is -3.89. The van der Waals surface area contributed by atoms with Gasteiger partial charge in [-0.3, -0.25) is 14.8 Å². The zero-order chi connectivity index (χ0) is 31.6. The topological polar surface area (TPSA) is 96.5 Å². The number of carbonyl (C=O) groups is 2. The predicted molar refractivity (Wildman–Crippen MR) is 162 cm³/mol. The summed E-state index contributed by atoms with van der Waals surface area (Å²) < 4.78 is 48.5. The number of alkyl carbamates (subject to hydrolysis) is 1. The van der Waals surface area contributed by atoms with Crippen LogP contribution in [-0.2, 0) is 9.53 Å². The van der Waals surface area contributed by atoms with Crippen molar-refractivity contribution >= 4 is 34.4 Å². The van der Waals surface area contributed by atoms with Gasteiger partial charge in [-0.1, -0.05) is 12.1 Å². The maximum atomic E-state index is 14.4. The zero-order valence-corrected chi connectivity index (χ0v) is 25.6. The van der Waals surface area contributed by atoms with Crippen LogP contribution >= 0.6 is 0 Å². The molecule has 11 heteroatoms. The Kier molecular flexibility index (Phi) is 9.04. The number of nitrogens with one attached hydrogen (secondary N) is 2. The van der Waals surface area contributed by atoms with Crippen molar-refractivity contribution in [3.8, 4) is 0 Å². The average molecular weight is 612 g/mol. The Morgan fingerprint density at radius 3 is 2.30 bits per heavy atom. The third kappa shape index (κ3) is 7.60. The van der Waals surface area contributed by atoms with Crippen molar-refractivity contribution in [3.05, 3.63) is 59.9 Å². The quantitative estimate of drug-likeness (QED) is 0.272. The van der Waals surface area contributed by atoms with E-state index in [0.29, 0.717) is 43.8 Å². The number of nitrogens with zero attached hydrogens (tertiary/aromatic N) is 3. The van der Waals surface area contributed by atoms with Gasteiger partial charge in [-0.25, -0.2) is 4.79 Å². The molecule has 0 unspecified atom stereocenters. The van der Waals surface area contributed by atoms with Gasteiger partial charge in [0.2, 0.25) is 5.91 Å². The summed E-state index contributed by atoms with van der Waals surface area (Å²) in [6, 6.07) is 7.75. The lowest BCUT2D eigenvalue weighted by molar-refractivity contribution is -0.191. The Morgan fingerprint density at radius 1 is 1.00 bits per heavy atom. The van der Waals surface area contributed by atoms with Crippen LogP contribution < -0.4 is 10.6 Å². The van der Waals surface area contributed by atoms with Gasteiger partial charge in [-0.15, -0.1) is 0 Å². The van der Waals surface area contributed by atoms with Crippen LogP contribution in [0.3, 0.4) is 0 Å². The van der Waals surface area contributed by atoms with Gasteiger partial charge < -0.3 is 20.3 Å². The van der Waals surface area contributed by atoms with E-state index in [0.717, 1.165) is 40.0 Å². The molecule has 0 aliphatic heterocycles. The second-order valence-corrected chi connectivity index (χ2v) is 13.0. The Balaban J connectivity index is 1.23. The molecule has 2 aliphatic rings. The molecule has 236 valence electrons. The first-order chi connectivity index (χ1) is 20.8. The summed E-state index contributed by atoms with van der Waals surface area (Å²) >= 11 is 0. The van der Waals surface area contributed by atoms with Gasteiger partial charge in [0.05, 0.1) is 22.9 Å². The highest BCUT2D eigenvalue weighted by molar-refractivity contribution is 5.85. The first kappa shape index (κ1) is 31.5. The van der Waals surface area contributed by atoms with Gasteiger partial charge in [0.1, 0.15) is 5.60 Å². The van der Waals surface area contributed by atoms with E-state index < -0.39 is 35.7 Å². The fraction of sp³-hybridized carbons (Fsp3) is 0.515. The van der Waals surface area contributed by atoms with E-state index in [1.807, 2.05) is 12.1 Å². The fourth-order valence-electron chi connectivity index (χ4n) is 6.03. The number of hydrogen-bond donors (Lipinski definition) is 2.